The standard InChI is InChI=1S/C22H30O2/c1-2-15-6-3-4-7-17(15)18-8-5-9-19(21(18)22(23)24)20-13-14-10-11-16(20)12-14/h5,8-9,14-17,20H,2-4,6-7,10-13H2,1H3,(H,23,24)/p-1. The van der Waals surface area contributed by atoms with Crippen molar-refractivity contribution >= 4 is 5.97 Å². The van der Waals surface area contributed by atoms with E-state index in [9.17, 15) is 9.90 Å². The number of hydrogen-bond acceptors (Lipinski definition) is 2. The Balaban J connectivity index is 1.74. The molecule has 0 N–H and O–H groups in total. The van der Waals surface area contributed by atoms with Crippen molar-refractivity contribution in [1.29, 1.82) is 0 Å². The molecule has 0 amide bonds. The Morgan fingerprint density at radius 2 is 1.79 bits per heavy atom. The second-order valence-electron chi connectivity index (χ2n) is 8.44. The summed E-state index contributed by atoms with van der Waals surface area (Å²) in [6.07, 6.45) is 11.2. The molecule has 0 aliphatic heterocycles. The van der Waals surface area contributed by atoms with Crippen LogP contribution in [0, 0.1) is 17.8 Å². The Morgan fingerprint density at radius 1 is 1.04 bits per heavy atom. The lowest BCUT2D eigenvalue weighted by molar-refractivity contribution is -0.255. The number of aromatic carboxylic acids is 1. The van der Waals surface area contributed by atoms with Crippen molar-refractivity contribution < 1.29 is 9.90 Å². The lowest BCUT2D eigenvalue weighted by Crippen LogP contribution is -2.29. The van der Waals surface area contributed by atoms with Gasteiger partial charge in [0.15, 0.2) is 0 Å². The minimum absolute atomic E-state index is 0.412. The molecule has 0 heterocycles. The van der Waals surface area contributed by atoms with Gasteiger partial charge in [-0.2, -0.15) is 0 Å². The maximum Gasteiger partial charge on any atom is 0.0721 e. The molecule has 4 rings (SSSR count). The van der Waals surface area contributed by atoms with Crippen molar-refractivity contribution in [2.24, 2.45) is 17.8 Å². The Hall–Kier alpha value is -1.31. The summed E-state index contributed by atoms with van der Waals surface area (Å²) < 4.78 is 0. The minimum Gasteiger partial charge on any atom is -0.545 e. The SMILES string of the molecule is CCC1CCCCC1c1cccc(C2CC3CCC2C3)c1C(=O)[O-]. The fourth-order valence-corrected chi connectivity index (χ4v) is 6.17. The van der Waals surface area contributed by atoms with Crippen LogP contribution in [0.5, 0.6) is 0 Å². The highest BCUT2D eigenvalue weighted by Crippen LogP contribution is 2.54. The van der Waals surface area contributed by atoms with Gasteiger partial charge in [-0.25, -0.2) is 0 Å². The van der Waals surface area contributed by atoms with Crippen LogP contribution in [0.3, 0.4) is 0 Å². The minimum atomic E-state index is -0.941. The molecule has 5 unspecified atom stereocenters. The van der Waals surface area contributed by atoms with Crippen LogP contribution in [0.15, 0.2) is 18.2 Å². The molecule has 2 bridgehead atoms. The summed E-state index contributed by atoms with van der Waals surface area (Å²) in [5.74, 6) is 2.10. The summed E-state index contributed by atoms with van der Waals surface area (Å²) in [7, 11) is 0. The molecule has 0 spiro atoms. The van der Waals surface area contributed by atoms with Crippen LogP contribution >= 0.6 is 0 Å². The number of carbonyl (C=O) groups is 1. The first-order valence-corrected chi connectivity index (χ1v) is 10.0. The molecule has 2 nitrogen and oxygen atoms in total. The summed E-state index contributed by atoms with van der Waals surface area (Å²) in [4.78, 5) is 12.1. The zero-order chi connectivity index (χ0) is 16.7. The average molecular weight is 325 g/mol. The van der Waals surface area contributed by atoms with Crippen molar-refractivity contribution in [3.05, 3.63) is 34.9 Å². The van der Waals surface area contributed by atoms with Crippen molar-refractivity contribution in [1.82, 2.24) is 0 Å². The first-order chi connectivity index (χ1) is 11.7. The number of hydrogen-bond donors (Lipinski definition) is 0. The normalized spacial score (nSPS) is 35.3. The molecule has 5 atom stereocenters. The number of fused-ring (bicyclic) bond motifs is 2. The third-order valence-electron chi connectivity index (χ3n) is 7.30. The summed E-state index contributed by atoms with van der Waals surface area (Å²) >= 11 is 0. The number of carboxylic acid groups (broad SMARTS) is 1. The maximum absolute atomic E-state index is 12.1. The third kappa shape index (κ3) is 2.68. The lowest BCUT2D eigenvalue weighted by atomic mass is 9.71. The first kappa shape index (κ1) is 16.2. The zero-order valence-electron chi connectivity index (χ0n) is 14.8. The molecule has 3 aliphatic rings. The van der Waals surface area contributed by atoms with Crippen LogP contribution in [-0.2, 0) is 0 Å². The number of carbonyl (C=O) groups excluding carboxylic acids is 1. The fraction of sp³-hybridized carbons (Fsp3) is 0.682. The largest absolute Gasteiger partial charge is 0.545 e. The van der Waals surface area contributed by atoms with E-state index in [0.717, 1.165) is 29.9 Å². The van der Waals surface area contributed by atoms with Crippen LogP contribution < -0.4 is 5.11 Å². The Bertz CT molecular complexity index is 620. The van der Waals surface area contributed by atoms with Gasteiger partial charge in [-0.1, -0.05) is 50.8 Å². The highest BCUT2D eigenvalue weighted by molar-refractivity contribution is 5.90. The van der Waals surface area contributed by atoms with Gasteiger partial charge in [0.25, 0.3) is 0 Å². The zero-order valence-corrected chi connectivity index (χ0v) is 14.8. The predicted molar refractivity (Wildman–Crippen MR) is 94.0 cm³/mol. The molecule has 1 aromatic rings. The molecule has 0 aromatic heterocycles. The summed E-state index contributed by atoms with van der Waals surface area (Å²) in [6.45, 7) is 2.25. The van der Waals surface area contributed by atoms with Gasteiger partial charge in [0.05, 0.1) is 5.97 Å². The van der Waals surface area contributed by atoms with Crippen molar-refractivity contribution in [3.63, 3.8) is 0 Å². The van der Waals surface area contributed by atoms with E-state index in [1.165, 1.54) is 44.9 Å². The van der Waals surface area contributed by atoms with Gasteiger partial charge in [-0.05, 0) is 72.8 Å². The van der Waals surface area contributed by atoms with E-state index in [1.807, 2.05) is 0 Å². The van der Waals surface area contributed by atoms with Crippen molar-refractivity contribution in [3.8, 4) is 0 Å². The Kier molecular flexibility index (Phi) is 4.40. The van der Waals surface area contributed by atoms with Crippen LogP contribution in [0.1, 0.15) is 98.0 Å². The number of benzene rings is 1. The molecule has 3 fully saturated rings. The summed E-state index contributed by atoms with van der Waals surface area (Å²) in [5, 5.41) is 12.1. The summed E-state index contributed by atoms with van der Waals surface area (Å²) in [6, 6.07) is 6.29. The molecule has 0 saturated heterocycles. The molecular formula is C22H29O2-. The van der Waals surface area contributed by atoms with E-state index < -0.39 is 5.97 Å². The number of carboxylic acids is 1. The highest BCUT2D eigenvalue weighted by Gasteiger charge is 2.41. The number of rotatable bonds is 4. The van der Waals surface area contributed by atoms with Gasteiger partial charge in [0, 0.05) is 5.56 Å². The molecule has 3 aliphatic carbocycles. The second-order valence-corrected chi connectivity index (χ2v) is 8.44. The smallest absolute Gasteiger partial charge is 0.0721 e. The fourth-order valence-electron chi connectivity index (χ4n) is 6.17. The van der Waals surface area contributed by atoms with Crippen LogP contribution in [0.2, 0.25) is 0 Å². The average Bonchev–Trinajstić information content (AvgIpc) is 3.24. The summed E-state index contributed by atoms with van der Waals surface area (Å²) in [5.41, 5.74) is 2.75. The Labute approximate surface area is 145 Å². The van der Waals surface area contributed by atoms with Gasteiger partial charge in [-0.3, -0.25) is 0 Å². The first-order valence-electron chi connectivity index (χ1n) is 10.0. The molecule has 130 valence electrons. The van der Waals surface area contributed by atoms with Gasteiger partial charge >= 0.3 is 0 Å². The van der Waals surface area contributed by atoms with E-state index in [0.29, 0.717) is 29.2 Å². The quantitative estimate of drug-likeness (QED) is 0.809. The van der Waals surface area contributed by atoms with Crippen LogP contribution in [0.25, 0.3) is 0 Å². The van der Waals surface area contributed by atoms with E-state index in [4.69, 9.17) is 0 Å². The maximum atomic E-state index is 12.1. The highest BCUT2D eigenvalue weighted by atomic mass is 16.4. The van der Waals surface area contributed by atoms with E-state index in [-0.39, 0.29) is 0 Å². The second kappa shape index (κ2) is 6.54. The predicted octanol–water partition coefficient (Wildman–Crippen LogP) is 4.64. The van der Waals surface area contributed by atoms with Gasteiger partial charge < -0.3 is 9.90 Å². The van der Waals surface area contributed by atoms with E-state index >= 15 is 0 Å². The third-order valence-corrected chi connectivity index (χ3v) is 7.30. The molecule has 24 heavy (non-hydrogen) atoms. The van der Waals surface area contributed by atoms with Crippen LogP contribution in [0.4, 0.5) is 0 Å². The molecular weight excluding hydrogens is 296 g/mol. The molecule has 1 aromatic carbocycles. The molecule has 0 radical (unpaired) electrons. The van der Waals surface area contributed by atoms with E-state index in [1.54, 1.807) is 0 Å². The lowest BCUT2D eigenvalue weighted by Gasteiger charge is -2.34. The van der Waals surface area contributed by atoms with Gasteiger partial charge in [0.1, 0.15) is 0 Å². The van der Waals surface area contributed by atoms with Gasteiger partial charge in [0.2, 0.25) is 0 Å². The van der Waals surface area contributed by atoms with E-state index in [2.05, 4.69) is 25.1 Å². The van der Waals surface area contributed by atoms with Crippen LogP contribution in [-0.4, -0.2) is 5.97 Å². The van der Waals surface area contributed by atoms with Crippen molar-refractivity contribution in [2.45, 2.75) is 76.5 Å². The molecule has 3 saturated carbocycles. The molecule has 2 heteroatoms. The Morgan fingerprint density at radius 3 is 2.42 bits per heavy atom. The topological polar surface area (TPSA) is 40.1 Å². The van der Waals surface area contributed by atoms with Crippen molar-refractivity contribution in [2.75, 3.05) is 0 Å². The van der Waals surface area contributed by atoms with Gasteiger partial charge in [-0.15, -0.1) is 0 Å². The monoisotopic (exact) mass is 325 g/mol.